The van der Waals surface area contributed by atoms with Gasteiger partial charge >= 0.3 is 5.97 Å². The molecule has 0 aliphatic carbocycles. The second-order valence-electron chi connectivity index (χ2n) is 3.79. The minimum absolute atomic E-state index is 0.0866. The van der Waals surface area contributed by atoms with Gasteiger partial charge in [0.1, 0.15) is 6.61 Å². The molecule has 19 heavy (non-hydrogen) atoms. The molecule has 1 aromatic carbocycles. The third kappa shape index (κ3) is 3.48. The molecule has 0 saturated heterocycles. The molecule has 6 nitrogen and oxygen atoms in total. The molecule has 0 unspecified atom stereocenters. The average Bonchev–Trinajstić information content (AvgIpc) is 2.85. The summed E-state index contributed by atoms with van der Waals surface area (Å²) in [4.78, 5) is 15.3. The normalized spacial score (nSPS) is 13.8. The number of benzene rings is 1. The van der Waals surface area contributed by atoms with Crippen LogP contribution in [-0.4, -0.2) is 30.2 Å². The van der Waals surface area contributed by atoms with Gasteiger partial charge in [-0.05, 0) is 30.7 Å². The van der Waals surface area contributed by atoms with Crippen LogP contribution < -0.4 is 9.47 Å². The van der Waals surface area contributed by atoms with Crippen LogP contribution in [0.25, 0.3) is 6.08 Å². The van der Waals surface area contributed by atoms with Gasteiger partial charge in [0, 0.05) is 0 Å². The molecule has 0 fully saturated rings. The molecule has 1 aliphatic heterocycles. The second-order valence-corrected chi connectivity index (χ2v) is 3.79. The van der Waals surface area contributed by atoms with E-state index in [9.17, 15) is 4.79 Å². The van der Waals surface area contributed by atoms with Crippen LogP contribution in [0.15, 0.2) is 29.4 Å². The smallest absolute Gasteiger partial charge is 0.353 e. The van der Waals surface area contributed by atoms with Crippen molar-refractivity contribution in [1.29, 1.82) is 0 Å². The fourth-order valence-electron chi connectivity index (χ4n) is 1.42. The van der Waals surface area contributed by atoms with Crippen molar-refractivity contribution >= 4 is 17.8 Å². The Balaban J connectivity index is 1.86. The molecule has 0 bridgehead atoms. The molecule has 0 saturated carbocycles. The largest absolute Gasteiger partial charge is 0.477 e. The van der Waals surface area contributed by atoms with E-state index in [2.05, 4.69) is 5.16 Å². The van der Waals surface area contributed by atoms with E-state index < -0.39 is 5.97 Å². The number of oxime groups is 1. The first-order valence-electron chi connectivity index (χ1n) is 5.63. The summed E-state index contributed by atoms with van der Waals surface area (Å²) in [7, 11) is 0. The number of hydrogen-bond acceptors (Lipinski definition) is 5. The van der Waals surface area contributed by atoms with Crippen LogP contribution >= 0.6 is 0 Å². The molecule has 2 rings (SSSR count). The predicted molar refractivity (Wildman–Crippen MR) is 68.3 cm³/mol. The summed E-state index contributed by atoms with van der Waals surface area (Å²) in [6, 6.07) is 5.57. The quantitative estimate of drug-likeness (QED) is 0.498. The third-order valence-corrected chi connectivity index (χ3v) is 2.39. The number of fused-ring (bicyclic) bond motifs is 1. The molecular weight excluding hydrogens is 250 g/mol. The highest BCUT2D eigenvalue weighted by molar-refractivity contribution is 6.34. The standard InChI is InChI=1S/C13H13NO5/c1-9(13(15)16)14-19-6-2-3-10-4-5-11-12(7-10)18-8-17-11/h2-5,7H,6,8H2,1H3,(H,15,16). The number of ether oxygens (including phenoxy) is 2. The van der Waals surface area contributed by atoms with E-state index in [-0.39, 0.29) is 19.1 Å². The summed E-state index contributed by atoms with van der Waals surface area (Å²) in [5.41, 5.74) is 0.850. The van der Waals surface area contributed by atoms with Crippen LogP contribution in [0.1, 0.15) is 12.5 Å². The van der Waals surface area contributed by atoms with Crippen molar-refractivity contribution in [3.8, 4) is 11.5 Å². The molecule has 6 heteroatoms. The predicted octanol–water partition coefficient (Wildman–Crippen LogP) is 1.91. The number of carboxylic acids is 1. The summed E-state index contributed by atoms with van der Waals surface area (Å²) in [5.74, 6) is 0.345. The van der Waals surface area contributed by atoms with Crippen molar-refractivity contribution in [1.82, 2.24) is 0 Å². The van der Waals surface area contributed by atoms with Crippen LogP contribution in [-0.2, 0) is 9.63 Å². The number of carbonyl (C=O) groups is 1. The van der Waals surface area contributed by atoms with Crippen molar-refractivity contribution in [2.45, 2.75) is 6.92 Å². The number of carboxylic acid groups (broad SMARTS) is 1. The van der Waals surface area contributed by atoms with Gasteiger partial charge in [-0.25, -0.2) is 4.79 Å². The van der Waals surface area contributed by atoms with E-state index in [4.69, 9.17) is 19.4 Å². The van der Waals surface area contributed by atoms with Gasteiger partial charge in [-0.2, -0.15) is 0 Å². The number of hydrogen-bond donors (Lipinski definition) is 1. The summed E-state index contributed by atoms with van der Waals surface area (Å²) < 4.78 is 10.5. The lowest BCUT2D eigenvalue weighted by atomic mass is 10.2. The Kier molecular flexibility index (Phi) is 4.02. The van der Waals surface area contributed by atoms with Gasteiger partial charge in [0.25, 0.3) is 0 Å². The highest BCUT2D eigenvalue weighted by atomic mass is 16.7. The molecule has 0 spiro atoms. The van der Waals surface area contributed by atoms with Crippen LogP contribution in [0.2, 0.25) is 0 Å². The van der Waals surface area contributed by atoms with Gasteiger partial charge in [0.15, 0.2) is 17.2 Å². The minimum atomic E-state index is -1.10. The topological polar surface area (TPSA) is 77.3 Å². The highest BCUT2D eigenvalue weighted by Crippen LogP contribution is 2.32. The van der Waals surface area contributed by atoms with Crippen molar-refractivity contribution in [3.63, 3.8) is 0 Å². The van der Waals surface area contributed by atoms with Gasteiger partial charge in [-0.3, -0.25) is 0 Å². The maximum Gasteiger partial charge on any atom is 0.353 e. The Bertz CT molecular complexity index is 536. The zero-order chi connectivity index (χ0) is 13.7. The lowest BCUT2D eigenvalue weighted by Crippen LogP contribution is -2.08. The molecule has 0 amide bonds. The Hall–Kier alpha value is -2.50. The van der Waals surface area contributed by atoms with E-state index in [1.165, 1.54) is 6.92 Å². The van der Waals surface area contributed by atoms with Crippen molar-refractivity contribution in [2.24, 2.45) is 5.16 Å². The van der Waals surface area contributed by atoms with E-state index in [0.29, 0.717) is 5.75 Å². The fraction of sp³-hybridized carbons (Fsp3) is 0.231. The van der Waals surface area contributed by atoms with Crippen LogP contribution in [0.4, 0.5) is 0 Å². The van der Waals surface area contributed by atoms with Crippen LogP contribution in [0.3, 0.4) is 0 Å². The van der Waals surface area contributed by atoms with E-state index >= 15 is 0 Å². The second kappa shape index (κ2) is 5.90. The van der Waals surface area contributed by atoms with Crippen molar-refractivity contribution in [2.75, 3.05) is 13.4 Å². The number of nitrogens with zero attached hydrogens (tertiary/aromatic N) is 1. The Labute approximate surface area is 109 Å². The van der Waals surface area contributed by atoms with E-state index in [0.717, 1.165) is 11.3 Å². The van der Waals surface area contributed by atoms with E-state index in [1.54, 1.807) is 6.08 Å². The minimum Gasteiger partial charge on any atom is -0.477 e. The number of aliphatic carboxylic acids is 1. The molecule has 0 radical (unpaired) electrons. The first-order chi connectivity index (χ1) is 9.16. The SMILES string of the molecule is CC(=NOCC=Cc1ccc2c(c1)OCO2)C(=O)O. The zero-order valence-corrected chi connectivity index (χ0v) is 10.3. The molecule has 0 aromatic heterocycles. The molecule has 1 heterocycles. The van der Waals surface area contributed by atoms with E-state index in [1.807, 2.05) is 24.3 Å². The molecule has 1 aromatic rings. The zero-order valence-electron chi connectivity index (χ0n) is 10.3. The number of rotatable bonds is 5. The van der Waals surface area contributed by atoms with Gasteiger partial charge in [0.2, 0.25) is 6.79 Å². The highest BCUT2D eigenvalue weighted by Gasteiger charge is 2.11. The molecule has 0 atom stereocenters. The molecule has 1 aliphatic rings. The van der Waals surface area contributed by atoms with Gasteiger partial charge in [-0.15, -0.1) is 0 Å². The summed E-state index contributed by atoms with van der Waals surface area (Å²) in [6.07, 6.45) is 3.56. The first-order valence-corrected chi connectivity index (χ1v) is 5.63. The molecule has 100 valence electrons. The third-order valence-electron chi connectivity index (χ3n) is 2.39. The maximum absolute atomic E-state index is 10.4. The van der Waals surface area contributed by atoms with Gasteiger partial charge in [0.05, 0.1) is 0 Å². The Morgan fingerprint density at radius 2 is 2.26 bits per heavy atom. The molecule has 1 N–H and O–H groups in total. The fourth-order valence-corrected chi connectivity index (χ4v) is 1.42. The summed E-state index contributed by atoms with van der Waals surface area (Å²) in [5, 5.41) is 12.0. The van der Waals surface area contributed by atoms with Crippen LogP contribution in [0, 0.1) is 0 Å². The monoisotopic (exact) mass is 263 g/mol. The van der Waals surface area contributed by atoms with Gasteiger partial charge < -0.3 is 19.4 Å². The Morgan fingerprint density at radius 3 is 3.05 bits per heavy atom. The molecular formula is C13H13NO5. The van der Waals surface area contributed by atoms with Crippen molar-refractivity contribution in [3.05, 3.63) is 29.8 Å². The average molecular weight is 263 g/mol. The lowest BCUT2D eigenvalue weighted by Gasteiger charge is -1.98. The van der Waals surface area contributed by atoms with Crippen molar-refractivity contribution < 1.29 is 24.2 Å². The first kappa shape index (κ1) is 12.9. The summed E-state index contributed by atoms with van der Waals surface area (Å²) in [6.45, 7) is 1.80. The van der Waals surface area contributed by atoms with Gasteiger partial charge in [-0.1, -0.05) is 17.3 Å². The van der Waals surface area contributed by atoms with Crippen LogP contribution in [0.5, 0.6) is 11.5 Å². The lowest BCUT2D eigenvalue weighted by molar-refractivity contribution is -0.129. The maximum atomic E-state index is 10.4. The Morgan fingerprint density at radius 1 is 1.47 bits per heavy atom. The summed E-state index contributed by atoms with van der Waals surface area (Å²) >= 11 is 0.